The van der Waals surface area contributed by atoms with Crippen molar-refractivity contribution in [3.63, 3.8) is 0 Å². The second-order valence-corrected chi connectivity index (χ2v) is 11.0. The number of benzene rings is 2. The van der Waals surface area contributed by atoms with Crippen molar-refractivity contribution in [2.75, 3.05) is 16.4 Å². The first-order valence-electron chi connectivity index (χ1n) is 13.8. The van der Waals surface area contributed by atoms with Crippen LogP contribution < -0.4 is 15.1 Å². The van der Waals surface area contributed by atoms with Gasteiger partial charge < -0.3 is 10.4 Å². The third kappa shape index (κ3) is 6.72. The summed E-state index contributed by atoms with van der Waals surface area (Å²) in [5, 5.41) is 21.8. The Labute approximate surface area is 259 Å². The highest BCUT2D eigenvalue weighted by Crippen LogP contribution is 2.40. The summed E-state index contributed by atoms with van der Waals surface area (Å²) >= 11 is 6.57. The zero-order chi connectivity index (χ0) is 30.7. The Morgan fingerprint density at radius 3 is 2.61 bits per heavy atom. The van der Waals surface area contributed by atoms with Crippen LogP contribution in [0.4, 0.5) is 20.3 Å². The topological polar surface area (TPSA) is 127 Å². The van der Waals surface area contributed by atoms with Crippen LogP contribution in [0.25, 0.3) is 0 Å². The smallest absolute Gasteiger partial charge is 0.252 e. The number of alkyl halides is 2. The van der Waals surface area contributed by atoms with Gasteiger partial charge in [-0.25, -0.2) is 13.8 Å². The number of pyridine rings is 1. The largest absolute Gasteiger partial charge is 0.396 e. The average Bonchev–Trinajstić information content (AvgIpc) is 3.36. The maximum absolute atomic E-state index is 14.6. The number of hydrogen-bond acceptors (Lipinski definition) is 6. The van der Waals surface area contributed by atoms with Gasteiger partial charge in [-0.05, 0) is 48.7 Å². The first-order valence-corrected chi connectivity index (χ1v) is 14.1. The van der Waals surface area contributed by atoms with Crippen LogP contribution in [0.5, 0.6) is 0 Å². The Hall–Kier alpha value is -4.40. The van der Waals surface area contributed by atoms with Crippen molar-refractivity contribution < 1.29 is 28.3 Å². The van der Waals surface area contributed by atoms with Crippen molar-refractivity contribution in [3.8, 4) is 6.07 Å². The Morgan fingerprint density at radius 2 is 1.93 bits per heavy atom. The highest BCUT2D eigenvalue weighted by molar-refractivity contribution is 6.31. The Morgan fingerprint density at radius 1 is 1.18 bits per heavy atom. The van der Waals surface area contributed by atoms with Gasteiger partial charge in [-0.2, -0.15) is 5.26 Å². The van der Waals surface area contributed by atoms with E-state index in [0.717, 1.165) is 0 Å². The summed E-state index contributed by atoms with van der Waals surface area (Å²) in [5.74, 6) is -4.50. The van der Waals surface area contributed by atoms with E-state index in [-0.39, 0.29) is 66.9 Å². The monoisotopic (exact) mass is 623 g/mol. The van der Waals surface area contributed by atoms with Crippen molar-refractivity contribution >= 4 is 40.8 Å². The van der Waals surface area contributed by atoms with Gasteiger partial charge >= 0.3 is 0 Å². The van der Waals surface area contributed by atoms with Gasteiger partial charge in [-0.1, -0.05) is 49.4 Å². The number of amides is 3. The minimum atomic E-state index is -2.89. The molecule has 3 amide bonds. The van der Waals surface area contributed by atoms with Crippen LogP contribution in [-0.4, -0.2) is 52.4 Å². The normalized spacial score (nSPS) is 18.0. The molecule has 5 rings (SSSR count). The number of carbonyl (C=O) groups excluding carboxylic acids is 3. The predicted molar refractivity (Wildman–Crippen MR) is 161 cm³/mol. The maximum atomic E-state index is 14.6. The SMILES string of the molecule is C.N#Cc1ccnc(N2C(=O)CC[C@H]2C(=O)N(c2cccc(CCO)c2)[C@H](C(=O)NC2CC(F)(F)C2)c2ccccc2Cl)c1. The van der Waals surface area contributed by atoms with Crippen molar-refractivity contribution in [2.24, 2.45) is 0 Å². The molecule has 1 aromatic heterocycles. The van der Waals surface area contributed by atoms with Crippen molar-refractivity contribution in [1.29, 1.82) is 5.26 Å². The minimum Gasteiger partial charge on any atom is -0.396 e. The number of aliphatic hydroxyl groups is 1. The molecule has 2 aromatic carbocycles. The molecule has 0 bridgehead atoms. The lowest BCUT2D eigenvalue weighted by Gasteiger charge is -2.39. The molecule has 2 aliphatic rings. The van der Waals surface area contributed by atoms with Crippen molar-refractivity contribution in [1.82, 2.24) is 10.3 Å². The van der Waals surface area contributed by atoms with E-state index in [9.17, 15) is 33.5 Å². The fourth-order valence-corrected chi connectivity index (χ4v) is 5.76. The summed E-state index contributed by atoms with van der Waals surface area (Å²) in [4.78, 5) is 48.4. The zero-order valence-electron chi connectivity index (χ0n) is 22.9. The summed E-state index contributed by atoms with van der Waals surface area (Å²) in [6.07, 6.45) is 0.710. The average molecular weight is 624 g/mol. The molecule has 9 nitrogen and oxygen atoms in total. The molecule has 1 aliphatic carbocycles. The van der Waals surface area contributed by atoms with Crippen LogP contribution in [-0.2, 0) is 20.8 Å². The molecule has 230 valence electrons. The molecule has 1 saturated carbocycles. The van der Waals surface area contributed by atoms with E-state index in [0.29, 0.717) is 5.56 Å². The number of anilines is 2. The summed E-state index contributed by atoms with van der Waals surface area (Å²) in [7, 11) is 0. The quantitative estimate of drug-likeness (QED) is 0.347. The number of nitrogens with one attached hydrogen (secondary N) is 1. The Kier molecular flexibility index (Phi) is 9.97. The molecule has 2 heterocycles. The highest BCUT2D eigenvalue weighted by atomic mass is 35.5. The van der Waals surface area contributed by atoms with E-state index in [1.807, 2.05) is 6.07 Å². The first-order chi connectivity index (χ1) is 20.6. The molecule has 2 atom stereocenters. The molecule has 44 heavy (non-hydrogen) atoms. The Bertz CT molecular complexity index is 1590. The van der Waals surface area contributed by atoms with Gasteiger partial charge in [0.1, 0.15) is 17.9 Å². The molecule has 2 fully saturated rings. The lowest BCUT2D eigenvalue weighted by molar-refractivity contribution is -0.133. The zero-order valence-corrected chi connectivity index (χ0v) is 23.7. The van der Waals surface area contributed by atoms with E-state index in [1.165, 1.54) is 28.1 Å². The second-order valence-electron chi connectivity index (χ2n) is 10.6. The van der Waals surface area contributed by atoms with Gasteiger partial charge in [0, 0.05) is 54.4 Å². The van der Waals surface area contributed by atoms with Gasteiger partial charge in [-0.15, -0.1) is 0 Å². The number of halogens is 3. The van der Waals surface area contributed by atoms with Crippen molar-refractivity contribution in [3.05, 3.63) is 88.6 Å². The molecule has 0 spiro atoms. The lowest BCUT2D eigenvalue weighted by atomic mass is 9.87. The molecule has 2 N–H and O–H groups in total. The fraction of sp³-hybridized carbons (Fsp3) is 0.344. The first kappa shape index (κ1) is 32.5. The number of aromatic nitrogens is 1. The molecule has 0 unspecified atom stereocenters. The molecular weight excluding hydrogens is 592 g/mol. The third-order valence-electron chi connectivity index (χ3n) is 7.59. The van der Waals surface area contributed by atoms with E-state index in [4.69, 9.17) is 11.6 Å². The summed E-state index contributed by atoms with van der Waals surface area (Å²) in [5.41, 5.74) is 1.47. The molecule has 3 aromatic rings. The van der Waals surface area contributed by atoms with Crippen LogP contribution in [0.1, 0.15) is 55.8 Å². The summed E-state index contributed by atoms with van der Waals surface area (Å²) in [6.45, 7) is -0.159. The Balaban J connectivity index is 0.00000442. The number of carbonyl (C=O) groups is 3. The summed E-state index contributed by atoms with van der Waals surface area (Å²) < 4.78 is 27.3. The predicted octanol–water partition coefficient (Wildman–Crippen LogP) is 4.96. The lowest BCUT2D eigenvalue weighted by Crippen LogP contribution is -2.56. The number of nitriles is 1. The number of hydrogen-bond donors (Lipinski definition) is 2. The van der Waals surface area contributed by atoms with Crippen LogP contribution in [0, 0.1) is 11.3 Å². The fourth-order valence-electron chi connectivity index (χ4n) is 5.52. The summed E-state index contributed by atoms with van der Waals surface area (Å²) in [6, 6.07) is 14.7. The molecule has 0 radical (unpaired) electrons. The van der Waals surface area contributed by atoms with Gasteiger partial charge in [0.25, 0.3) is 11.8 Å². The second kappa shape index (κ2) is 13.5. The number of rotatable bonds is 9. The van der Waals surface area contributed by atoms with Gasteiger partial charge in [-0.3, -0.25) is 24.2 Å². The van der Waals surface area contributed by atoms with Gasteiger partial charge in [0.2, 0.25) is 11.8 Å². The van der Waals surface area contributed by atoms with Gasteiger partial charge in [0.15, 0.2) is 0 Å². The van der Waals surface area contributed by atoms with E-state index in [2.05, 4.69) is 10.3 Å². The van der Waals surface area contributed by atoms with Crippen molar-refractivity contribution in [2.45, 2.75) is 63.6 Å². The number of nitrogens with zero attached hydrogens (tertiary/aromatic N) is 4. The molecular formula is C32H32ClF2N5O4. The number of aliphatic hydroxyl groups excluding tert-OH is 1. The van der Waals surface area contributed by atoms with Crippen LogP contribution in [0.3, 0.4) is 0 Å². The van der Waals surface area contributed by atoms with E-state index in [1.54, 1.807) is 48.5 Å². The standard InChI is InChI=1S/C31H28ClF2N5O4.CH4/c32-24-7-2-1-6-23(24)28(29(42)37-21-16-31(33,34)17-21)38(22-5-3-4-19(14-22)11-13-40)30(43)25-8-9-27(41)39(25)26-15-20(18-35)10-12-36-26;/h1-7,10,12,14-15,21,25,28,40H,8-9,11,13,16-17H2,(H,37,42);1H4/t25-,28-;/m0./s1. The van der Waals surface area contributed by atoms with Crippen LogP contribution in [0.2, 0.25) is 5.02 Å². The van der Waals surface area contributed by atoms with E-state index >= 15 is 0 Å². The maximum Gasteiger partial charge on any atom is 0.252 e. The van der Waals surface area contributed by atoms with E-state index < -0.39 is 48.7 Å². The minimum absolute atomic E-state index is 0. The molecule has 12 heteroatoms. The van der Waals surface area contributed by atoms with Crippen LogP contribution >= 0.6 is 11.6 Å². The van der Waals surface area contributed by atoms with Crippen LogP contribution in [0.15, 0.2) is 66.9 Å². The molecule has 1 saturated heterocycles. The highest BCUT2D eigenvalue weighted by Gasteiger charge is 2.48. The third-order valence-corrected chi connectivity index (χ3v) is 7.93. The molecule has 1 aliphatic heterocycles. The van der Waals surface area contributed by atoms with Gasteiger partial charge in [0.05, 0.1) is 11.6 Å².